The van der Waals surface area contributed by atoms with Crippen molar-refractivity contribution in [1.82, 2.24) is 4.73 Å². The summed E-state index contributed by atoms with van der Waals surface area (Å²) < 4.78 is 14.2. The van der Waals surface area contributed by atoms with Crippen LogP contribution in [0.3, 0.4) is 0 Å². The van der Waals surface area contributed by atoms with E-state index in [-0.39, 0.29) is 18.1 Å². The van der Waals surface area contributed by atoms with Gasteiger partial charge in [0.15, 0.2) is 18.1 Å². The molecular weight excluding hydrogens is 262 g/mol. The van der Waals surface area contributed by atoms with Crippen LogP contribution in [0.25, 0.3) is 0 Å². The molecule has 2 rings (SSSR count). The van der Waals surface area contributed by atoms with Gasteiger partial charge in [-0.25, -0.2) is 9.59 Å². The van der Waals surface area contributed by atoms with Crippen LogP contribution in [0.4, 0.5) is 4.79 Å². The van der Waals surface area contributed by atoms with Crippen LogP contribution in [0.5, 0.6) is 11.8 Å². The molecule has 0 saturated carbocycles. The number of carbonyl (C=O) groups is 1. The Morgan fingerprint density at radius 2 is 1.95 bits per heavy atom. The maximum absolute atomic E-state index is 11.3. The van der Waals surface area contributed by atoms with Crippen LogP contribution < -0.4 is 10.7 Å². The summed E-state index contributed by atoms with van der Waals surface area (Å²) >= 11 is 0. The molecule has 9 nitrogen and oxygen atoms in total. The van der Waals surface area contributed by atoms with Crippen molar-refractivity contribution in [3.63, 3.8) is 0 Å². The molecule has 0 aromatic carbocycles. The summed E-state index contributed by atoms with van der Waals surface area (Å²) in [5.74, 6) is -1.68. The molecule has 0 bridgehead atoms. The Kier molecular flexibility index (Phi) is 3.19. The van der Waals surface area contributed by atoms with E-state index in [1.165, 1.54) is 6.92 Å². The summed E-state index contributed by atoms with van der Waals surface area (Å²) in [6.45, 7) is 1.07. The predicted octanol–water partition coefficient (Wildman–Crippen LogP) is 0.519. The lowest BCUT2D eigenvalue weighted by Gasteiger charge is -2.06. The van der Waals surface area contributed by atoms with Gasteiger partial charge in [-0.05, 0) is 6.92 Å². The Morgan fingerprint density at radius 3 is 2.47 bits per heavy atom. The van der Waals surface area contributed by atoms with Gasteiger partial charge in [-0.2, -0.15) is 0 Å². The van der Waals surface area contributed by atoms with Gasteiger partial charge in [0.1, 0.15) is 0 Å². The Labute approximate surface area is 105 Å². The maximum Gasteiger partial charge on any atom is 0.534 e. The van der Waals surface area contributed by atoms with E-state index < -0.39 is 23.7 Å². The fraction of sp³-hybridized carbons (Fsp3) is 0.200. The van der Waals surface area contributed by atoms with E-state index in [0.29, 0.717) is 4.73 Å². The standard InChI is InChI=1S/C10H9NO8/c1-5-6(18-10(15)17-5)4-16-9(14)19-11-7(12)2-3-8(11)13/h2-3,12-13H,4H2,1H3. The lowest BCUT2D eigenvalue weighted by atomic mass is 10.4. The van der Waals surface area contributed by atoms with Crippen molar-refractivity contribution in [3.8, 4) is 11.8 Å². The third-order valence-electron chi connectivity index (χ3n) is 2.12. The Morgan fingerprint density at radius 1 is 1.32 bits per heavy atom. The van der Waals surface area contributed by atoms with Crippen LogP contribution in [0.15, 0.2) is 25.8 Å². The Hall–Kier alpha value is -2.84. The molecule has 0 amide bonds. The topological polar surface area (TPSA) is 124 Å². The third-order valence-corrected chi connectivity index (χ3v) is 2.12. The molecule has 0 aliphatic carbocycles. The largest absolute Gasteiger partial charge is 0.534 e. The van der Waals surface area contributed by atoms with E-state index in [1.807, 2.05) is 0 Å². The number of carbonyl (C=O) groups excluding carboxylic acids is 1. The lowest BCUT2D eigenvalue weighted by molar-refractivity contribution is 0.0272. The Bertz CT molecular complexity index is 629. The van der Waals surface area contributed by atoms with Gasteiger partial charge in [-0.3, -0.25) is 4.84 Å². The average Bonchev–Trinajstić information content (AvgIpc) is 2.83. The zero-order valence-corrected chi connectivity index (χ0v) is 9.65. The van der Waals surface area contributed by atoms with E-state index >= 15 is 0 Å². The van der Waals surface area contributed by atoms with Gasteiger partial charge in [0, 0.05) is 12.1 Å². The quantitative estimate of drug-likeness (QED) is 0.774. The number of hydrogen-bond donors (Lipinski definition) is 2. The summed E-state index contributed by atoms with van der Waals surface area (Å²) in [7, 11) is 0. The summed E-state index contributed by atoms with van der Waals surface area (Å²) in [4.78, 5) is 26.5. The van der Waals surface area contributed by atoms with Crippen LogP contribution in [-0.4, -0.2) is 21.1 Å². The minimum Gasteiger partial charge on any atom is -0.492 e. The van der Waals surface area contributed by atoms with Crippen LogP contribution in [0.1, 0.15) is 11.5 Å². The molecule has 0 unspecified atom stereocenters. The fourth-order valence-corrected chi connectivity index (χ4v) is 1.23. The molecule has 0 radical (unpaired) electrons. The van der Waals surface area contributed by atoms with Gasteiger partial charge in [-0.15, -0.1) is 4.73 Å². The predicted molar refractivity (Wildman–Crippen MR) is 56.5 cm³/mol. The zero-order valence-electron chi connectivity index (χ0n) is 9.65. The number of ether oxygens (including phenoxy) is 1. The first-order valence-electron chi connectivity index (χ1n) is 5.01. The Balaban J connectivity index is 1.96. The highest BCUT2D eigenvalue weighted by molar-refractivity contribution is 5.60. The van der Waals surface area contributed by atoms with Crippen molar-refractivity contribution in [2.24, 2.45) is 0 Å². The number of nitrogens with zero attached hydrogens (tertiary/aromatic N) is 1. The number of aromatic hydroxyl groups is 2. The van der Waals surface area contributed by atoms with Crippen molar-refractivity contribution in [1.29, 1.82) is 0 Å². The van der Waals surface area contributed by atoms with Crippen molar-refractivity contribution in [3.05, 3.63) is 34.3 Å². The summed E-state index contributed by atoms with van der Waals surface area (Å²) in [5, 5.41) is 18.4. The molecule has 0 aliphatic rings. The summed E-state index contributed by atoms with van der Waals surface area (Å²) in [6.07, 6.45) is -1.22. The van der Waals surface area contributed by atoms with Crippen LogP contribution in [-0.2, 0) is 11.3 Å². The maximum atomic E-state index is 11.3. The van der Waals surface area contributed by atoms with E-state index in [9.17, 15) is 19.8 Å². The van der Waals surface area contributed by atoms with Crippen molar-refractivity contribution in [2.75, 3.05) is 0 Å². The van der Waals surface area contributed by atoms with E-state index in [4.69, 9.17) is 0 Å². The fourth-order valence-electron chi connectivity index (χ4n) is 1.23. The normalized spacial score (nSPS) is 10.4. The second-order valence-corrected chi connectivity index (χ2v) is 3.41. The van der Waals surface area contributed by atoms with Crippen molar-refractivity contribution >= 4 is 6.16 Å². The highest BCUT2D eigenvalue weighted by Crippen LogP contribution is 2.18. The molecule has 19 heavy (non-hydrogen) atoms. The van der Waals surface area contributed by atoms with Gasteiger partial charge in [-0.1, -0.05) is 0 Å². The molecule has 0 spiro atoms. The molecular formula is C10H9NO8. The van der Waals surface area contributed by atoms with Crippen LogP contribution in [0.2, 0.25) is 0 Å². The van der Waals surface area contributed by atoms with Gasteiger partial charge < -0.3 is 23.8 Å². The summed E-state index contributed by atoms with van der Waals surface area (Å²) in [6, 6.07) is 2.23. The third kappa shape index (κ3) is 2.70. The highest BCUT2D eigenvalue weighted by atomic mass is 16.8. The van der Waals surface area contributed by atoms with E-state index in [1.54, 1.807) is 0 Å². The van der Waals surface area contributed by atoms with Gasteiger partial charge in [0.2, 0.25) is 11.8 Å². The smallest absolute Gasteiger partial charge is 0.492 e. The van der Waals surface area contributed by atoms with Gasteiger partial charge in [0.25, 0.3) is 0 Å². The first-order chi connectivity index (χ1) is 8.97. The van der Waals surface area contributed by atoms with E-state index in [0.717, 1.165) is 12.1 Å². The molecule has 2 heterocycles. The molecule has 2 aromatic rings. The number of aryl methyl sites for hydroxylation is 1. The first kappa shape index (κ1) is 12.6. The number of hydrogen-bond acceptors (Lipinski definition) is 8. The second-order valence-electron chi connectivity index (χ2n) is 3.41. The molecule has 102 valence electrons. The summed E-state index contributed by atoms with van der Waals surface area (Å²) in [5.41, 5.74) is 0. The van der Waals surface area contributed by atoms with Crippen molar-refractivity contribution in [2.45, 2.75) is 13.5 Å². The number of rotatable bonds is 3. The monoisotopic (exact) mass is 271 g/mol. The zero-order chi connectivity index (χ0) is 14.0. The average molecular weight is 271 g/mol. The molecule has 2 N–H and O–H groups in total. The minimum atomic E-state index is -1.22. The molecule has 0 fully saturated rings. The molecule has 0 atom stereocenters. The highest BCUT2D eigenvalue weighted by Gasteiger charge is 2.16. The SMILES string of the molecule is Cc1oc(=O)oc1COC(=O)On1c(O)ccc1O. The molecule has 9 heteroatoms. The van der Waals surface area contributed by atoms with Crippen molar-refractivity contribution < 1.29 is 33.4 Å². The minimum absolute atomic E-state index is 0.0305. The molecule has 0 saturated heterocycles. The van der Waals surface area contributed by atoms with Crippen LogP contribution in [0, 0.1) is 6.92 Å². The van der Waals surface area contributed by atoms with E-state index in [2.05, 4.69) is 18.4 Å². The van der Waals surface area contributed by atoms with Gasteiger partial charge >= 0.3 is 12.0 Å². The second kappa shape index (κ2) is 4.80. The van der Waals surface area contributed by atoms with Gasteiger partial charge in [0.05, 0.1) is 0 Å². The molecule has 2 aromatic heterocycles. The van der Waals surface area contributed by atoms with Crippen LogP contribution >= 0.6 is 0 Å². The number of aromatic nitrogens is 1. The lowest BCUT2D eigenvalue weighted by Crippen LogP contribution is -2.20. The first-order valence-corrected chi connectivity index (χ1v) is 5.01. The molecule has 0 aliphatic heterocycles.